The van der Waals surface area contributed by atoms with Gasteiger partial charge in [-0.3, -0.25) is 0 Å². The summed E-state index contributed by atoms with van der Waals surface area (Å²) in [5.41, 5.74) is 10.2. The monoisotopic (exact) mass is 510 g/mol. The van der Waals surface area contributed by atoms with Crippen LogP contribution in [0.5, 0.6) is 0 Å². The van der Waals surface area contributed by atoms with Gasteiger partial charge in [0.2, 0.25) is 0 Å². The third-order valence-corrected chi connectivity index (χ3v) is 8.73. The summed E-state index contributed by atoms with van der Waals surface area (Å²) in [6.07, 6.45) is -0.658. The van der Waals surface area contributed by atoms with E-state index in [1.807, 2.05) is 42.5 Å². The van der Waals surface area contributed by atoms with E-state index in [0.29, 0.717) is 17.7 Å². The summed E-state index contributed by atoms with van der Waals surface area (Å²) in [6, 6.07) is 20.0. The molecule has 0 saturated carbocycles. The number of aliphatic hydroxyl groups excluding tert-OH is 1. The Morgan fingerprint density at radius 1 is 1.00 bits per heavy atom. The first-order chi connectivity index (χ1) is 16.9. The predicted molar refractivity (Wildman–Crippen MR) is 144 cm³/mol. The van der Waals surface area contributed by atoms with Gasteiger partial charge in [0.15, 0.2) is 9.84 Å². The van der Waals surface area contributed by atoms with Gasteiger partial charge < -0.3 is 16.2 Å². The summed E-state index contributed by atoms with van der Waals surface area (Å²) >= 11 is 0. The van der Waals surface area contributed by atoms with Gasteiger partial charge >= 0.3 is 0 Å². The minimum atomic E-state index is -3.39. The molecule has 1 aliphatic heterocycles. The van der Waals surface area contributed by atoms with Crippen LogP contribution in [0, 0.1) is 11.7 Å². The molecular formula is C29H35FN2O3S. The fraction of sp³-hybridized carbons (Fsp3) is 0.379. The standard InChI is InChI=1S/C29H35FN2O3S/c1-29(2,3)23-11-7-8-19(13-23)16-32-26-18-36(34,35)17-22(28(26)33)12-20-14-24(27(31)25(30)15-20)21-9-5-4-6-10-21/h4-11,13-15,22,26,28,32-33H,12,16-18,31H2,1-3H3/t22-,26+,28+/m1/s1. The van der Waals surface area contributed by atoms with Crippen molar-refractivity contribution in [1.82, 2.24) is 5.32 Å². The molecule has 0 aliphatic carbocycles. The van der Waals surface area contributed by atoms with Crippen molar-refractivity contribution in [1.29, 1.82) is 0 Å². The van der Waals surface area contributed by atoms with Gasteiger partial charge in [0, 0.05) is 24.1 Å². The highest BCUT2D eigenvalue weighted by atomic mass is 32.2. The molecule has 1 heterocycles. The molecule has 0 spiro atoms. The number of anilines is 1. The van der Waals surface area contributed by atoms with Crippen LogP contribution in [0.4, 0.5) is 10.1 Å². The Labute approximate surface area is 213 Å². The molecule has 192 valence electrons. The van der Waals surface area contributed by atoms with Gasteiger partial charge in [-0.25, -0.2) is 12.8 Å². The Morgan fingerprint density at radius 2 is 1.72 bits per heavy atom. The van der Waals surface area contributed by atoms with Crippen molar-refractivity contribution in [2.24, 2.45) is 5.92 Å². The van der Waals surface area contributed by atoms with E-state index in [1.54, 1.807) is 6.07 Å². The second kappa shape index (κ2) is 10.3. The maximum atomic E-state index is 14.7. The lowest BCUT2D eigenvalue weighted by atomic mass is 9.86. The van der Waals surface area contributed by atoms with Crippen molar-refractivity contribution in [2.45, 2.75) is 51.3 Å². The molecule has 3 aromatic carbocycles. The molecular weight excluding hydrogens is 475 g/mol. The molecule has 0 amide bonds. The highest BCUT2D eigenvalue weighted by Crippen LogP contribution is 2.32. The lowest BCUT2D eigenvalue weighted by Crippen LogP contribution is -2.54. The Bertz CT molecular complexity index is 1320. The number of nitrogens with one attached hydrogen (secondary N) is 1. The fourth-order valence-corrected chi connectivity index (χ4v) is 6.87. The molecule has 0 aromatic heterocycles. The molecule has 1 saturated heterocycles. The highest BCUT2D eigenvalue weighted by Gasteiger charge is 2.39. The zero-order valence-corrected chi connectivity index (χ0v) is 21.9. The van der Waals surface area contributed by atoms with Crippen LogP contribution in [0.1, 0.15) is 37.5 Å². The molecule has 4 N–H and O–H groups in total. The van der Waals surface area contributed by atoms with Crippen LogP contribution >= 0.6 is 0 Å². The van der Waals surface area contributed by atoms with E-state index < -0.39 is 33.7 Å². The number of hydrogen-bond acceptors (Lipinski definition) is 5. The summed E-state index contributed by atoms with van der Waals surface area (Å²) < 4.78 is 40.2. The molecule has 1 fully saturated rings. The van der Waals surface area contributed by atoms with E-state index in [0.717, 1.165) is 11.1 Å². The molecule has 4 rings (SSSR count). The lowest BCUT2D eigenvalue weighted by Gasteiger charge is -2.35. The van der Waals surface area contributed by atoms with Crippen molar-refractivity contribution in [3.8, 4) is 11.1 Å². The normalized spacial score (nSPS) is 21.9. The molecule has 0 radical (unpaired) electrons. The van der Waals surface area contributed by atoms with E-state index in [4.69, 9.17) is 5.73 Å². The maximum absolute atomic E-state index is 14.7. The van der Waals surface area contributed by atoms with Crippen molar-refractivity contribution in [3.63, 3.8) is 0 Å². The Hall–Kier alpha value is -2.74. The highest BCUT2D eigenvalue weighted by molar-refractivity contribution is 7.91. The van der Waals surface area contributed by atoms with Crippen LogP contribution < -0.4 is 11.1 Å². The first kappa shape index (κ1) is 26.3. The van der Waals surface area contributed by atoms with Crippen LogP contribution in [-0.2, 0) is 28.2 Å². The number of rotatable bonds is 6. The second-order valence-corrected chi connectivity index (χ2v) is 13.0. The zero-order chi connectivity index (χ0) is 26.1. The van der Waals surface area contributed by atoms with Crippen LogP contribution in [0.3, 0.4) is 0 Å². The number of sulfone groups is 1. The van der Waals surface area contributed by atoms with Gasteiger partial charge in [0.25, 0.3) is 0 Å². The number of benzene rings is 3. The third-order valence-electron chi connectivity index (χ3n) is 6.93. The molecule has 0 bridgehead atoms. The minimum absolute atomic E-state index is 0.00174. The summed E-state index contributed by atoms with van der Waals surface area (Å²) in [5.74, 6) is -1.38. The SMILES string of the molecule is CC(C)(C)c1cccc(CN[C@H]2CS(=O)(=O)C[C@@H](Cc3cc(F)c(N)c(-c4ccccc4)c3)[C@@H]2O)c1. The molecule has 1 aliphatic rings. The van der Waals surface area contributed by atoms with Crippen LogP contribution in [0.15, 0.2) is 66.7 Å². The second-order valence-electron chi connectivity index (χ2n) is 10.9. The van der Waals surface area contributed by atoms with Crippen LogP contribution in [0.25, 0.3) is 11.1 Å². The number of hydrogen-bond donors (Lipinski definition) is 3. The largest absolute Gasteiger partial charge is 0.396 e. The molecule has 36 heavy (non-hydrogen) atoms. The molecule has 3 atom stereocenters. The first-order valence-corrected chi connectivity index (χ1v) is 14.1. The number of halogens is 1. The molecule has 5 nitrogen and oxygen atoms in total. The van der Waals surface area contributed by atoms with Crippen molar-refractivity contribution in [3.05, 3.63) is 89.2 Å². The van der Waals surface area contributed by atoms with Gasteiger partial charge in [-0.2, -0.15) is 0 Å². The van der Waals surface area contributed by atoms with Gasteiger partial charge in [0.05, 0.1) is 23.3 Å². The van der Waals surface area contributed by atoms with E-state index in [9.17, 15) is 17.9 Å². The van der Waals surface area contributed by atoms with E-state index >= 15 is 0 Å². The quantitative estimate of drug-likeness (QED) is 0.425. The Morgan fingerprint density at radius 3 is 2.42 bits per heavy atom. The first-order valence-electron chi connectivity index (χ1n) is 12.3. The van der Waals surface area contributed by atoms with E-state index in [1.165, 1.54) is 11.6 Å². The summed E-state index contributed by atoms with van der Waals surface area (Å²) in [4.78, 5) is 0. The van der Waals surface area contributed by atoms with Crippen LogP contribution in [0.2, 0.25) is 0 Å². The Balaban J connectivity index is 1.53. The summed E-state index contributed by atoms with van der Waals surface area (Å²) in [7, 11) is -3.39. The minimum Gasteiger partial charge on any atom is -0.396 e. The van der Waals surface area contributed by atoms with E-state index in [-0.39, 0.29) is 29.0 Å². The van der Waals surface area contributed by atoms with Crippen LogP contribution in [-0.4, -0.2) is 37.2 Å². The number of aliphatic hydroxyl groups is 1. The zero-order valence-electron chi connectivity index (χ0n) is 21.0. The van der Waals surface area contributed by atoms with Crippen molar-refractivity contribution >= 4 is 15.5 Å². The molecule has 7 heteroatoms. The summed E-state index contributed by atoms with van der Waals surface area (Å²) in [5, 5.41) is 14.4. The molecule has 0 unspecified atom stereocenters. The van der Waals surface area contributed by atoms with Gasteiger partial charge in [-0.15, -0.1) is 0 Å². The maximum Gasteiger partial charge on any atom is 0.152 e. The van der Waals surface area contributed by atoms with Crippen molar-refractivity contribution in [2.75, 3.05) is 17.2 Å². The van der Waals surface area contributed by atoms with Gasteiger partial charge in [-0.1, -0.05) is 75.4 Å². The predicted octanol–water partition coefficient (Wildman–Crippen LogP) is 4.48. The average molecular weight is 511 g/mol. The topological polar surface area (TPSA) is 92.4 Å². The lowest BCUT2D eigenvalue weighted by molar-refractivity contribution is 0.0781. The number of nitrogen functional groups attached to an aromatic ring is 1. The average Bonchev–Trinajstić information content (AvgIpc) is 2.82. The third kappa shape index (κ3) is 6.14. The summed E-state index contributed by atoms with van der Waals surface area (Å²) in [6.45, 7) is 6.88. The molecule has 3 aromatic rings. The van der Waals surface area contributed by atoms with Gasteiger partial charge in [-0.05, 0) is 46.2 Å². The van der Waals surface area contributed by atoms with E-state index in [2.05, 4.69) is 38.2 Å². The number of nitrogens with two attached hydrogens (primary N) is 1. The van der Waals surface area contributed by atoms with Gasteiger partial charge in [0.1, 0.15) is 5.82 Å². The van der Waals surface area contributed by atoms with Crippen molar-refractivity contribution < 1.29 is 17.9 Å². The fourth-order valence-electron chi connectivity index (χ4n) is 4.90. The smallest absolute Gasteiger partial charge is 0.152 e. The Kier molecular flexibility index (Phi) is 7.55.